The minimum atomic E-state index is -0.934. The zero-order chi connectivity index (χ0) is 9.14. The second-order valence-electron chi connectivity index (χ2n) is 2.70. The van der Waals surface area contributed by atoms with Crippen LogP contribution in [0.3, 0.4) is 0 Å². The van der Waals surface area contributed by atoms with Gasteiger partial charge in [-0.2, -0.15) is 0 Å². The molecule has 1 aromatic carbocycles. The Morgan fingerprint density at radius 3 is 2.75 bits per heavy atom. The molecule has 12 heavy (non-hydrogen) atoms. The van der Waals surface area contributed by atoms with Gasteiger partial charge in [-0.1, -0.05) is 17.7 Å². The number of hydrogen-bond acceptors (Lipinski definition) is 2. The molecule has 0 radical (unpaired) electrons. The summed E-state index contributed by atoms with van der Waals surface area (Å²) in [5.41, 5.74) is 1.41. The van der Waals surface area contributed by atoms with Crippen LogP contribution in [0.25, 0.3) is 0 Å². The number of aryl methyl sites for hydroxylation is 1. The molecule has 0 bridgehead atoms. The van der Waals surface area contributed by atoms with Gasteiger partial charge < -0.3 is 10.2 Å². The van der Waals surface area contributed by atoms with Gasteiger partial charge in [0.1, 0.15) is 5.75 Å². The largest absolute Gasteiger partial charge is 0.508 e. The van der Waals surface area contributed by atoms with Crippen molar-refractivity contribution in [3.05, 3.63) is 29.3 Å². The number of carboxylic acids is 1. The van der Waals surface area contributed by atoms with E-state index >= 15 is 0 Å². The first-order valence-corrected chi connectivity index (χ1v) is 3.60. The predicted octanol–water partition coefficient (Wildman–Crippen LogP) is 1.33. The molecule has 0 aliphatic rings. The lowest BCUT2D eigenvalue weighted by atomic mass is 10.1. The van der Waals surface area contributed by atoms with Crippen LogP contribution in [-0.4, -0.2) is 16.2 Å². The minimum absolute atomic E-state index is 0.0444. The third kappa shape index (κ3) is 1.99. The second kappa shape index (κ2) is 3.26. The summed E-state index contributed by atoms with van der Waals surface area (Å²) in [6.07, 6.45) is -0.131. The predicted molar refractivity (Wildman–Crippen MR) is 44.2 cm³/mol. The van der Waals surface area contributed by atoms with Crippen molar-refractivity contribution < 1.29 is 15.0 Å². The van der Waals surface area contributed by atoms with E-state index in [-0.39, 0.29) is 12.2 Å². The number of benzene rings is 1. The third-order valence-corrected chi connectivity index (χ3v) is 1.58. The number of aliphatic carboxylic acids is 1. The summed E-state index contributed by atoms with van der Waals surface area (Å²) in [7, 11) is 0. The molecule has 0 saturated heterocycles. The molecular weight excluding hydrogens is 156 g/mol. The van der Waals surface area contributed by atoms with Gasteiger partial charge in [0.05, 0.1) is 6.42 Å². The summed E-state index contributed by atoms with van der Waals surface area (Å²) in [5, 5.41) is 17.7. The number of hydrogen-bond donors (Lipinski definition) is 2. The minimum Gasteiger partial charge on any atom is -0.508 e. The van der Waals surface area contributed by atoms with Gasteiger partial charge in [0.25, 0.3) is 0 Å². The zero-order valence-electron chi connectivity index (χ0n) is 6.74. The molecule has 1 rings (SSSR count). The van der Waals surface area contributed by atoms with E-state index in [1.807, 2.05) is 6.92 Å². The van der Waals surface area contributed by atoms with Crippen molar-refractivity contribution in [1.82, 2.24) is 0 Å². The van der Waals surface area contributed by atoms with Crippen molar-refractivity contribution in [1.29, 1.82) is 0 Å². The smallest absolute Gasteiger partial charge is 0.307 e. The molecule has 3 nitrogen and oxygen atoms in total. The summed E-state index contributed by atoms with van der Waals surface area (Å²) >= 11 is 0. The van der Waals surface area contributed by atoms with Gasteiger partial charge in [-0.25, -0.2) is 0 Å². The van der Waals surface area contributed by atoms with E-state index in [0.29, 0.717) is 5.56 Å². The number of phenolic OH excluding ortho intramolecular Hbond substituents is 1. The highest BCUT2D eigenvalue weighted by Crippen LogP contribution is 2.18. The van der Waals surface area contributed by atoms with Crippen molar-refractivity contribution in [2.75, 3.05) is 0 Å². The third-order valence-electron chi connectivity index (χ3n) is 1.58. The van der Waals surface area contributed by atoms with E-state index < -0.39 is 5.97 Å². The number of carbonyl (C=O) groups is 1. The van der Waals surface area contributed by atoms with Crippen LogP contribution in [0.15, 0.2) is 18.2 Å². The summed E-state index contributed by atoms with van der Waals surface area (Å²) in [5.74, 6) is -0.890. The lowest BCUT2D eigenvalue weighted by Gasteiger charge is -2.01. The molecule has 0 fully saturated rings. The second-order valence-corrected chi connectivity index (χ2v) is 2.70. The maximum absolute atomic E-state index is 10.3. The Hall–Kier alpha value is -1.51. The SMILES string of the molecule is Cc1ccc(O)c(CC(=O)O)c1. The van der Waals surface area contributed by atoms with E-state index in [1.54, 1.807) is 12.1 Å². The molecule has 1 aromatic rings. The van der Waals surface area contributed by atoms with Crippen LogP contribution in [0, 0.1) is 6.92 Å². The lowest BCUT2D eigenvalue weighted by Crippen LogP contribution is -2.00. The van der Waals surface area contributed by atoms with Gasteiger partial charge in [0.2, 0.25) is 0 Å². The molecule has 0 heterocycles. The van der Waals surface area contributed by atoms with Crippen LogP contribution in [0.1, 0.15) is 11.1 Å². The van der Waals surface area contributed by atoms with E-state index in [2.05, 4.69) is 0 Å². The van der Waals surface area contributed by atoms with E-state index in [9.17, 15) is 9.90 Å². The molecule has 0 saturated carbocycles. The highest BCUT2D eigenvalue weighted by Gasteiger charge is 2.05. The van der Waals surface area contributed by atoms with E-state index in [0.717, 1.165) is 5.56 Å². The summed E-state index contributed by atoms with van der Waals surface area (Å²) in [4.78, 5) is 10.3. The molecule has 0 aliphatic heterocycles. The fourth-order valence-electron chi connectivity index (χ4n) is 1.02. The van der Waals surface area contributed by atoms with Crippen LogP contribution in [0.2, 0.25) is 0 Å². The maximum Gasteiger partial charge on any atom is 0.307 e. The van der Waals surface area contributed by atoms with Crippen molar-refractivity contribution in [3.63, 3.8) is 0 Å². The Balaban J connectivity index is 2.97. The number of phenols is 1. The Morgan fingerprint density at radius 2 is 2.17 bits per heavy atom. The van der Waals surface area contributed by atoms with Crippen molar-refractivity contribution in [2.45, 2.75) is 13.3 Å². The van der Waals surface area contributed by atoms with Gasteiger partial charge in [-0.15, -0.1) is 0 Å². The van der Waals surface area contributed by atoms with Crippen molar-refractivity contribution in [3.8, 4) is 5.75 Å². The molecule has 0 amide bonds. The summed E-state index contributed by atoms with van der Waals surface area (Å²) < 4.78 is 0. The van der Waals surface area contributed by atoms with Crippen molar-refractivity contribution >= 4 is 5.97 Å². The molecule has 0 aliphatic carbocycles. The number of aromatic hydroxyl groups is 1. The summed E-state index contributed by atoms with van der Waals surface area (Å²) in [6, 6.07) is 4.91. The highest BCUT2D eigenvalue weighted by atomic mass is 16.4. The Kier molecular flexibility index (Phi) is 2.33. The molecule has 3 heteroatoms. The first kappa shape index (κ1) is 8.59. The highest BCUT2D eigenvalue weighted by molar-refractivity contribution is 5.71. The summed E-state index contributed by atoms with van der Waals surface area (Å²) in [6.45, 7) is 1.85. The van der Waals surface area contributed by atoms with Gasteiger partial charge in [-0.3, -0.25) is 4.79 Å². The molecule has 0 unspecified atom stereocenters. The zero-order valence-corrected chi connectivity index (χ0v) is 6.74. The first-order chi connectivity index (χ1) is 5.59. The fraction of sp³-hybridized carbons (Fsp3) is 0.222. The average Bonchev–Trinajstić information content (AvgIpc) is 1.96. The normalized spacial score (nSPS) is 9.75. The molecular formula is C9H10O3. The topological polar surface area (TPSA) is 57.5 Å². The van der Waals surface area contributed by atoms with E-state index in [4.69, 9.17) is 5.11 Å². The molecule has 0 spiro atoms. The van der Waals surface area contributed by atoms with Crippen LogP contribution in [0.4, 0.5) is 0 Å². The van der Waals surface area contributed by atoms with Crippen LogP contribution >= 0.6 is 0 Å². The molecule has 0 aromatic heterocycles. The van der Waals surface area contributed by atoms with Crippen LogP contribution in [0.5, 0.6) is 5.75 Å². The average molecular weight is 166 g/mol. The Morgan fingerprint density at radius 1 is 1.50 bits per heavy atom. The van der Waals surface area contributed by atoms with E-state index in [1.165, 1.54) is 6.07 Å². The Labute approximate surface area is 70.3 Å². The monoisotopic (exact) mass is 166 g/mol. The van der Waals surface area contributed by atoms with Crippen LogP contribution in [-0.2, 0) is 11.2 Å². The van der Waals surface area contributed by atoms with Gasteiger partial charge in [0, 0.05) is 5.56 Å². The number of rotatable bonds is 2. The molecule has 2 N–H and O–H groups in total. The fourth-order valence-corrected chi connectivity index (χ4v) is 1.02. The van der Waals surface area contributed by atoms with Crippen molar-refractivity contribution in [2.24, 2.45) is 0 Å². The first-order valence-electron chi connectivity index (χ1n) is 3.60. The van der Waals surface area contributed by atoms with Gasteiger partial charge in [0.15, 0.2) is 0 Å². The van der Waals surface area contributed by atoms with Gasteiger partial charge in [-0.05, 0) is 13.0 Å². The standard InChI is InChI=1S/C9H10O3/c1-6-2-3-8(10)7(4-6)5-9(11)12/h2-4,10H,5H2,1H3,(H,11,12). The molecule has 64 valence electrons. The maximum atomic E-state index is 10.3. The lowest BCUT2D eigenvalue weighted by molar-refractivity contribution is -0.136. The molecule has 0 atom stereocenters. The Bertz CT molecular complexity index is 305. The quantitative estimate of drug-likeness (QED) is 0.696. The van der Waals surface area contributed by atoms with Crippen LogP contribution < -0.4 is 0 Å². The number of carboxylic acid groups (broad SMARTS) is 1. The van der Waals surface area contributed by atoms with Gasteiger partial charge >= 0.3 is 5.97 Å².